The Bertz CT molecular complexity index is 1160. The van der Waals surface area contributed by atoms with Gasteiger partial charge in [0.15, 0.2) is 0 Å². The molecule has 2 rings (SSSR count). The van der Waals surface area contributed by atoms with Crippen molar-refractivity contribution in [1.29, 1.82) is 0 Å². The van der Waals surface area contributed by atoms with Crippen molar-refractivity contribution in [3.8, 4) is 5.75 Å². The number of carbonyl (C=O) groups excluding carboxylic acids is 3. The van der Waals surface area contributed by atoms with Crippen LogP contribution in [0.1, 0.15) is 32.7 Å². The predicted molar refractivity (Wildman–Crippen MR) is 120 cm³/mol. The first-order valence-electron chi connectivity index (χ1n) is 9.75. The van der Waals surface area contributed by atoms with Crippen molar-refractivity contribution in [1.82, 2.24) is 4.31 Å². The highest BCUT2D eigenvalue weighted by molar-refractivity contribution is 7.89. The lowest BCUT2D eigenvalue weighted by Crippen LogP contribution is -2.22. The molecular weight excluding hydrogens is 452 g/mol. The van der Waals surface area contributed by atoms with Crippen molar-refractivity contribution in [2.75, 3.05) is 40.7 Å². The number of aryl methyl sites for hydroxylation is 1. The summed E-state index contributed by atoms with van der Waals surface area (Å²) in [4.78, 5) is 36.6. The van der Waals surface area contributed by atoms with E-state index in [9.17, 15) is 22.8 Å². The Balaban J connectivity index is 2.27. The van der Waals surface area contributed by atoms with E-state index in [0.29, 0.717) is 11.3 Å². The maximum Gasteiger partial charge on any atom is 0.339 e. The Morgan fingerprint density at radius 1 is 0.939 bits per heavy atom. The fraction of sp³-hybridized carbons (Fsp3) is 0.318. The van der Waals surface area contributed by atoms with E-state index < -0.39 is 27.9 Å². The molecule has 0 radical (unpaired) electrons. The molecule has 1 N–H and O–H groups in total. The topological polar surface area (TPSA) is 128 Å². The highest BCUT2D eigenvalue weighted by Gasteiger charge is 2.20. The normalized spacial score (nSPS) is 11.1. The van der Waals surface area contributed by atoms with Crippen LogP contribution in [0.3, 0.4) is 0 Å². The molecule has 11 heteroatoms. The zero-order chi connectivity index (χ0) is 24.8. The number of carbonyl (C=O) groups is 3. The van der Waals surface area contributed by atoms with Gasteiger partial charge in [0.05, 0.1) is 43.0 Å². The summed E-state index contributed by atoms with van der Waals surface area (Å²) < 4.78 is 40.6. The number of rotatable bonds is 9. The van der Waals surface area contributed by atoms with Gasteiger partial charge < -0.3 is 19.5 Å². The van der Waals surface area contributed by atoms with Crippen molar-refractivity contribution in [2.24, 2.45) is 0 Å². The van der Waals surface area contributed by atoms with Gasteiger partial charge in [-0.05, 0) is 48.4 Å². The van der Waals surface area contributed by atoms with Crippen molar-refractivity contribution in [3.05, 3.63) is 53.1 Å². The lowest BCUT2D eigenvalue weighted by Gasteiger charge is -2.15. The number of sulfonamides is 1. The predicted octanol–water partition coefficient (Wildman–Crippen LogP) is 2.09. The minimum Gasteiger partial charge on any atom is -0.496 e. The molecule has 0 aliphatic carbocycles. The number of amides is 1. The highest BCUT2D eigenvalue weighted by Crippen LogP contribution is 2.26. The van der Waals surface area contributed by atoms with E-state index in [1.54, 1.807) is 0 Å². The number of anilines is 1. The van der Waals surface area contributed by atoms with Gasteiger partial charge in [-0.15, -0.1) is 0 Å². The molecule has 0 aliphatic rings. The summed E-state index contributed by atoms with van der Waals surface area (Å²) >= 11 is 0. The third kappa shape index (κ3) is 6.08. The first-order valence-corrected chi connectivity index (χ1v) is 11.2. The second-order valence-corrected chi connectivity index (χ2v) is 9.20. The van der Waals surface area contributed by atoms with Gasteiger partial charge in [-0.1, -0.05) is 0 Å². The van der Waals surface area contributed by atoms with Crippen molar-refractivity contribution in [3.63, 3.8) is 0 Å². The SMILES string of the molecule is COC(=O)c1ccc(C(=O)OC)c(NC(=O)CCc2cc(S(=O)(=O)N(C)C)ccc2OC)c1. The first kappa shape index (κ1) is 25.8. The maximum atomic E-state index is 12.6. The van der Waals surface area contributed by atoms with Gasteiger partial charge in [-0.25, -0.2) is 22.3 Å². The zero-order valence-electron chi connectivity index (χ0n) is 19.0. The molecular formula is C22H26N2O8S. The van der Waals surface area contributed by atoms with Gasteiger partial charge in [0.1, 0.15) is 5.75 Å². The number of esters is 2. The van der Waals surface area contributed by atoms with Crippen LogP contribution in [0.4, 0.5) is 5.69 Å². The molecule has 1 amide bonds. The molecule has 2 aromatic rings. The van der Waals surface area contributed by atoms with Crippen LogP contribution in [-0.4, -0.2) is 66.0 Å². The van der Waals surface area contributed by atoms with Crippen molar-refractivity contribution < 1.29 is 37.0 Å². The molecule has 0 heterocycles. The minimum atomic E-state index is -3.66. The van der Waals surface area contributed by atoms with Crippen LogP contribution in [0.5, 0.6) is 5.75 Å². The maximum absolute atomic E-state index is 12.6. The summed E-state index contributed by atoms with van der Waals surface area (Å²) in [5.74, 6) is -1.36. The molecule has 0 unspecified atom stereocenters. The van der Waals surface area contributed by atoms with Crippen LogP contribution in [0, 0.1) is 0 Å². The zero-order valence-corrected chi connectivity index (χ0v) is 19.8. The largest absolute Gasteiger partial charge is 0.496 e. The molecule has 0 aromatic heterocycles. The van der Waals surface area contributed by atoms with E-state index in [-0.39, 0.29) is 34.6 Å². The minimum absolute atomic E-state index is 0.0507. The fourth-order valence-electron chi connectivity index (χ4n) is 2.96. The summed E-state index contributed by atoms with van der Waals surface area (Å²) in [7, 11) is 3.04. The molecule has 0 spiro atoms. The van der Waals surface area contributed by atoms with Crippen molar-refractivity contribution in [2.45, 2.75) is 17.7 Å². The Labute approximate surface area is 192 Å². The third-order valence-electron chi connectivity index (χ3n) is 4.77. The van der Waals surface area contributed by atoms with Gasteiger partial charge in [0, 0.05) is 20.5 Å². The average Bonchev–Trinajstić information content (AvgIpc) is 2.81. The molecule has 0 saturated carbocycles. The summed E-state index contributed by atoms with van der Waals surface area (Å²) in [5.41, 5.74) is 0.816. The second-order valence-electron chi connectivity index (χ2n) is 7.05. The molecule has 0 aliphatic heterocycles. The number of hydrogen-bond donors (Lipinski definition) is 1. The van der Waals surface area contributed by atoms with Gasteiger partial charge in [-0.3, -0.25) is 4.79 Å². The molecule has 0 atom stereocenters. The Kier molecular flexibility index (Phi) is 8.55. The second kappa shape index (κ2) is 10.9. The van der Waals surface area contributed by atoms with Crippen LogP contribution in [0.15, 0.2) is 41.3 Å². The first-order chi connectivity index (χ1) is 15.5. The van der Waals surface area contributed by atoms with E-state index in [1.807, 2.05) is 0 Å². The molecule has 0 bridgehead atoms. The molecule has 33 heavy (non-hydrogen) atoms. The number of nitrogens with zero attached hydrogens (tertiary/aromatic N) is 1. The molecule has 2 aromatic carbocycles. The van der Waals surface area contributed by atoms with Gasteiger partial charge >= 0.3 is 11.9 Å². The summed E-state index contributed by atoms with van der Waals surface area (Å²) in [5, 5.41) is 2.60. The third-order valence-corrected chi connectivity index (χ3v) is 6.58. The van der Waals surface area contributed by atoms with E-state index in [4.69, 9.17) is 9.47 Å². The van der Waals surface area contributed by atoms with E-state index in [2.05, 4.69) is 10.1 Å². The Morgan fingerprint density at radius 2 is 1.61 bits per heavy atom. The Morgan fingerprint density at radius 3 is 2.18 bits per heavy atom. The van der Waals surface area contributed by atoms with Gasteiger partial charge in [0.25, 0.3) is 0 Å². The van der Waals surface area contributed by atoms with Crippen LogP contribution in [0.2, 0.25) is 0 Å². The van der Waals surface area contributed by atoms with E-state index in [0.717, 1.165) is 4.31 Å². The smallest absolute Gasteiger partial charge is 0.339 e. The molecule has 10 nitrogen and oxygen atoms in total. The number of benzene rings is 2. The monoisotopic (exact) mass is 478 g/mol. The number of ether oxygens (including phenoxy) is 3. The lowest BCUT2D eigenvalue weighted by atomic mass is 10.1. The van der Waals surface area contributed by atoms with Crippen LogP contribution in [-0.2, 0) is 30.7 Å². The van der Waals surface area contributed by atoms with Crippen LogP contribution in [0.25, 0.3) is 0 Å². The molecule has 0 fully saturated rings. The molecule has 178 valence electrons. The quantitative estimate of drug-likeness (QED) is 0.543. The van der Waals surface area contributed by atoms with Gasteiger partial charge in [-0.2, -0.15) is 0 Å². The lowest BCUT2D eigenvalue weighted by molar-refractivity contribution is -0.116. The van der Waals surface area contributed by atoms with Crippen LogP contribution < -0.4 is 10.1 Å². The Hall–Kier alpha value is -3.44. The van der Waals surface area contributed by atoms with E-state index in [1.165, 1.54) is 71.8 Å². The van der Waals surface area contributed by atoms with Crippen molar-refractivity contribution >= 4 is 33.6 Å². The summed E-state index contributed by atoms with van der Waals surface area (Å²) in [6.45, 7) is 0. The highest BCUT2D eigenvalue weighted by atomic mass is 32.2. The fourth-order valence-corrected chi connectivity index (χ4v) is 3.92. The van der Waals surface area contributed by atoms with Crippen LogP contribution >= 0.6 is 0 Å². The number of methoxy groups -OCH3 is 3. The number of nitrogens with one attached hydrogen (secondary N) is 1. The summed E-state index contributed by atoms with van der Waals surface area (Å²) in [6.07, 6.45) is 0.112. The van der Waals surface area contributed by atoms with Gasteiger partial charge in [0.2, 0.25) is 15.9 Å². The summed E-state index contributed by atoms with van der Waals surface area (Å²) in [6, 6.07) is 8.47. The standard InChI is InChI=1S/C22H26N2O8S/c1-24(2)33(28,29)16-8-10-19(30-3)14(12-16)7-11-20(25)23-18-13-15(21(26)31-4)6-9-17(18)22(27)32-5/h6,8-10,12-13H,7,11H2,1-5H3,(H,23,25). The average molecular weight is 479 g/mol. The molecule has 0 saturated heterocycles. The number of hydrogen-bond acceptors (Lipinski definition) is 8. The van der Waals surface area contributed by atoms with E-state index >= 15 is 0 Å².